The predicted molar refractivity (Wildman–Crippen MR) is 265 cm³/mol. The summed E-state index contributed by atoms with van der Waals surface area (Å²) < 4.78 is 107. The van der Waals surface area contributed by atoms with Crippen LogP contribution in [0.5, 0.6) is 0 Å². The van der Waals surface area contributed by atoms with Crippen LogP contribution < -0.4 is 0 Å². The molecule has 0 spiro atoms. The van der Waals surface area contributed by atoms with Crippen LogP contribution in [0.25, 0.3) is 22.3 Å². The number of ketones is 3. The van der Waals surface area contributed by atoms with Crippen LogP contribution in [0, 0.1) is 22.5 Å². The summed E-state index contributed by atoms with van der Waals surface area (Å²) in [6, 6.07) is 19.7. The molecule has 6 aromatic rings. The molecule has 10 rings (SSSR count). The van der Waals surface area contributed by atoms with E-state index in [1.807, 2.05) is 13.8 Å². The molecule has 2 aromatic heterocycles. The quantitative estimate of drug-likeness (QED) is 0.120. The Morgan fingerprint density at radius 3 is 1.35 bits per heavy atom. The molecule has 6 nitrogen and oxygen atoms in total. The van der Waals surface area contributed by atoms with E-state index in [9.17, 15) is 54.6 Å². The summed E-state index contributed by atoms with van der Waals surface area (Å²) >= 11 is 0. The number of rotatable bonds is 8. The van der Waals surface area contributed by atoms with Gasteiger partial charge in [0.25, 0.3) is 0 Å². The van der Waals surface area contributed by atoms with Gasteiger partial charge in [0, 0.05) is 57.3 Å². The fourth-order valence-corrected chi connectivity index (χ4v) is 11.6. The summed E-state index contributed by atoms with van der Waals surface area (Å²) in [5.41, 5.74) is 4.08. The topological polar surface area (TPSA) is 97.2 Å². The molecule has 2 heterocycles. The Labute approximate surface area is 424 Å². The van der Waals surface area contributed by atoms with Gasteiger partial charge in [0.2, 0.25) is 0 Å². The van der Waals surface area contributed by atoms with Crippen molar-refractivity contribution in [1.29, 1.82) is 0 Å². The smallest absolute Gasteiger partial charge is 0.388 e. The van der Waals surface area contributed by atoms with Gasteiger partial charge in [-0.05, 0) is 115 Å². The van der Waals surface area contributed by atoms with Crippen LogP contribution in [-0.2, 0) is 25.2 Å². The fraction of sp³-hybridized carbons (Fsp3) is 0.383. The minimum absolute atomic E-state index is 0.00182. The number of Topliss-reactive ketones (excluding diaryl/α,β-unsaturated/α-hetero) is 1. The van der Waals surface area contributed by atoms with Crippen LogP contribution in [0.1, 0.15) is 192 Å². The van der Waals surface area contributed by atoms with E-state index in [0.717, 1.165) is 81.3 Å². The number of carbonyl (C=O) groups is 3. The highest BCUT2D eigenvalue weighted by molar-refractivity contribution is 6.18. The Morgan fingerprint density at radius 2 is 0.919 bits per heavy atom. The number of aromatic nitrogens is 2. The van der Waals surface area contributed by atoms with Gasteiger partial charge in [-0.2, -0.15) is 26.3 Å². The largest absolute Gasteiger partial charge is 0.416 e. The minimum atomic E-state index is -4.53. The molecular formula is C60H56F8N2O4. The van der Waals surface area contributed by atoms with Crippen molar-refractivity contribution in [2.75, 3.05) is 0 Å². The molecule has 2 fully saturated rings. The molecule has 14 heteroatoms. The van der Waals surface area contributed by atoms with E-state index in [1.165, 1.54) is 48.5 Å². The zero-order chi connectivity index (χ0) is 53.1. The Bertz CT molecular complexity index is 3110. The highest BCUT2D eigenvalue weighted by atomic mass is 19.4. The maximum atomic E-state index is 14.1. The number of fused-ring (bicyclic) bond motifs is 2. The van der Waals surface area contributed by atoms with E-state index in [-0.39, 0.29) is 51.6 Å². The third kappa shape index (κ3) is 10.7. The normalized spacial score (nSPS) is 18.6. The predicted octanol–water partition coefficient (Wildman–Crippen LogP) is 15.8. The lowest BCUT2D eigenvalue weighted by Gasteiger charge is -2.37. The number of nitrogens with zero attached hydrogens (tertiary/aromatic N) is 2. The van der Waals surface area contributed by atoms with Crippen LogP contribution in [0.4, 0.5) is 35.1 Å². The zero-order valence-electron chi connectivity index (χ0n) is 41.5. The molecule has 4 aliphatic carbocycles. The summed E-state index contributed by atoms with van der Waals surface area (Å²) in [5.74, 6) is -1.92. The molecule has 4 aromatic carbocycles. The number of aliphatic hydroxyl groups excluding tert-OH is 1. The van der Waals surface area contributed by atoms with E-state index >= 15 is 0 Å². The third-order valence-electron chi connectivity index (χ3n) is 15.1. The monoisotopic (exact) mass is 1020 g/mol. The number of hydrogen-bond donors (Lipinski definition) is 1. The Hall–Kier alpha value is -6.41. The number of carbonyl (C=O) groups excluding carboxylic acids is 3. The van der Waals surface area contributed by atoms with E-state index in [1.54, 1.807) is 24.3 Å². The first-order valence-corrected chi connectivity index (χ1v) is 25.2. The Morgan fingerprint density at radius 1 is 0.527 bits per heavy atom. The molecule has 74 heavy (non-hydrogen) atoms. The average Bonchev–Trinajstić information content (AvgIpc) is 4.09. The van der Waals surface area contributed by atoms with Crippen LogP contribution in [-0.4, -0.2) is 32.4 Å². The van der Waals surface area contributed by atoms with Gasteiger partial charge in [-0.25, -0.2) is 8.78 Å². The van der Waals surface area contributed by atoms with Gasteiger partial charge in [-0.1, -0.05) is 102 Å². The van der Waals surface area contributed by atoms with Crippen molar-refractivity contribution in [1.82, 2.24) is 9.97 Å². The van der Waals surface area contributed by atoms with Gasteiger partial charge >= 0.3 is 12.4 Å². The average molecular weight is 1020 g/mol. The molecule has 0 bridgehead atoms. The summed E-state index contributed by atoms with van der Waals surface area (Å²) in [5, 5.41) is 11.3. The second-order valence-corrected chi connectivity index (χ2v) is 22.0. The van der Waals surface area contributed by atoms with Crippen LogP contribution >= 0.6 is 0 Å². The minimum Gasteiger partial charge on any atom is -0.388 e. The van der Waals surface area contributed by atoms with Gasteiger partial charge in [-0.15, -0.1) is 0 Å². The highest BCUT2D eigenvalue weighted by Gasteiger charge is 2.41. The standard InChI is InChI=1S/C30H29F4NO2.C30H27F4NO2/c2*1-29(2)15-22-25(23(36)16-29)24(17-9-13-21(31)14-10-17)26(27(35-22)18-5-3-4-6-18)28(37)19-7-11-20(12-8-19)30(32,33)34/h7-14,18,23,36H,3-6,15-16H2,1-2H3;7-14,18H,3-6,15-16H2,1-2H3. The molecule has 4 aliphatic rings. The second kappa shape index (κ2) is 20.0. The van der Waals surface area contributed by atoms with E-state index in [2.05, 4.69) is 13.8 Å². The number of alkyl halides is 6. The van der Waals surface area contributed by atoms with Gasteiger partial charge in [0.1, 0.15) is 11.6 Å². The Kier molecular flexibility index (Phi) is 14.2. The lowest BCUT2D eigenvalue weighted by molar-refractivity contribution is -0.138. The highest BCUT2D eigenvalue weighted by Crippen LogP contribution is 2.50. The summed E-state index contributed by atoms with van der Waals surface area (Å²) in [7, 11) is 0. The van der Waals surface area contributed by atoms with E-state index < -0.39 is 52.8 Å². The molecule has 0 saturated heterocycles. The first kappa shape index (κ1) is 52.5. The van der Waals surface area contributed by atoms with Gasteiger partial charge in [0.05, 0.1) is 45.4 Å². The molecule has 0 amide bonds. The lowest BCUT2D eigenvalue weighted by atomic mass is 9.71. The van der Waals surface area contributed by atoms with Crippen molar-refractivity contribution in [3.63, 3.8) is 0 Å². The van der Waals surface area contributed by atoms with Gasteiger partial charge < -0.3 is 5.11 Å². The summed E-state index contributed by atoms with van der Waals surface area (Å²) in [4.78, 5) is 51.6. The Balaban J connectivity index is 0.000000182. The SMILES string of the molecule is CC1(C)CC(=O)c2c(nc(C3CCCC3)c(C(=O)c3ccc(C(F)(F)F)cc3)c2-c2ccc(F)cc2)C1.CC1(C)Cc2nc(C3CCCC3)c(C(=O)c3ccc(C(F)(F)F)cc3)c(-c3ccc(F)cc3)c2C(O)C1. The number of aliphatic hydroxyl groups is 1. The molecular weight excluding hydrogens is 965 g/mol. The number of pyridine rings is 2. The molecule has 0 aliphatic heterocycles. The zero-order valence-corrected chi connectivity index (χ0v) is 41.5. The first-order chi connectivity index (χ1) is 34.9. The van der Waals surface area contributed by atoms with Crippen molar-refractivity contribution in [3.8, 4) is 22.3 Å². The number of hydrogen-bond acceptors (Lipinski definition) is 6. The summed E-state index contributed by atoms with van der Waals surface area (Å²) in [6.45, 7) is 8.14. The van der Waals surface area contributed by atoms with Crippen LogP contribution in [0.2, 0.25) is 0 Å². The molecule has 2 saturated carbocycles. The van der Waals surface area contributed by atoms with Crippen molar-refractivity contribution in [2.45, 2.75) is 135 Å². The fourth-order valence-electron chi connectivity index (χ4n) is 11.6. The third-order valence-corrected chi connectivity index (χ3v) is 15.1. The van der Waals surface area contributed by atoms with Crippen LogP contribution in [0.15, 0.2) is 97.1 Å². The maximum absolute atomic E-state index is 14.1. The first-order valence-electron chi connectivity index (χ1n) is 25.2. The molecule has 386 valence electrons. The van der Waals surface area contributed by atoms with Crippen LogP contribution in [0.3, 0.4) is 0 Å². The molecule has 0 radical (unpaired) electrons. The summed E-state index contributed by atoms with van der Waals surface area (Å²) in [6.07, 6.45) is -0.695. The van der Waals surface area contributed by atoms with Crippen molar-refractivity contribution >= 4 is 17.3 Å². The van der Waals surface area contributed by atoms with Gasteiger partial charge in [0.15, 0.2) is 17.3 Å². The number of halogens is 8. The second-order valence-electron chi connectivity index (χ2n) is 22.0. The van der Waals surface area contributed by atoms with Crippen molar-refractivity contribution < 1.29 is 54.6 Å². The number of benzene rings is 4. The van der Waals surface area contributed by atoms with E-state index in [0.29, 0.717) is 75.3 Å². The van der Waals surface area contributed by atoms with Crippen molar-refractivity contribution in [2.24, 2.45) is 10.8 Å². The molecule has 1 unspecified atom stereocenters. The maximum Gasteiger partial charge on any atom is 0.416 e. The van der Waals surface area contributed by atoms with Crippen molar-refractivity contribution in [3.05, 3.63) is 176 Å². The lowest BCUT2D eigenvalue weighted by Crippen LogP contribution is -2.30. The van der Waals surface area contributed by atoms with Gasteiger partial charge in [-0.3, -0.25) is 24.4 Å². The molecule has 1 N–H and O–H groups in total. The molecule has 1 atom stereocenters. The van der Waals surface area contributed by atoms with E-state index in [4.69, 9.17) is 9.97 Å².